The molecule has 0 aliphatic carbocycles. The van der Waals surface area contributed by atoms with Gasteiger partial charge in [-0.25, -0.2) is 0 Å². The highest BCUT2D eigenvalue weighted by Crippen LogP contribution is 2.41. The molecule has 0 aromatic heterocycles. The van der Waals surface area contributed by atoms with Crippen LogP contribution < -0.4 is 0 Å². The Balaban J connectivity index is 5.32. The molecule has 0 aliphatic rings. The minimum absolute atomic E-state index is 0.852. The molecule has 0 radical (unpaired) electrons. The second-order valence-electron chi connectivity index (χ2n) is 10.8. The Morgan fingerprint density at radius 1 is 0.400 bits per heavy atom. The van der Waals surface area contributed by atoms with E-state index in [1.807, 2.05) is 0 Å². The molecule has 0 N–H and O–H groups in total. The minimum Gasteiger partial charge on any atom is -0.0654 e. The minimum atomic E-state index is 0.852. The molecule has 0 rings (SSSR count). The molecular weight excluding hydrogens is 360 g/mol. The van der Waals surface area contributed by atoms with Crippen LogP contribution in [0.15, 0.2) is 0 Å². The monoisotopic (exact) mass is 422 g/mol. The fourth-order valence-corrected chi connectivity index (χ4v) is 6.93. The van der Waals surface area contributed by atoms with Crippen molar-refractivity contribution in [1.82, 2.24) is 0 Å². The van der Waals surface area contributed by atoms with Gasteiger partial charge in [0, 0.05) is 0 Å². The van der Waals surface area contributed by atoms with Crippen LogP contribution in [0.25, 0.3) is 0 Å². The molecule has 0 saturated carbocycles. The molecule has 0 aliphatic heterocycles. The number of unbranched alkanes of at least 4 members (excludes halogenated alkanes) is 1. The predicted molar refractivity (Wildman–Crippen MR) is 140 cm³/mol. The van der Waals surface area contributed by atoms with E-state index < -0.39 is 0 Å². The van der Waals surface area contributed by atoms with E-state index in [-0.39, 0.29) is 0 Å². The van der Waals surface area contributed by atoms with Crippen molar-refractivity contribution in [3.05, 3.63) is 0 Å². The van der Waals surface area contributed by atoms with Gasteiger partial charge in [-0.1, -0.05) is 133 Å². The van der Waals surface area contributed by atoms with Crippen LogP contribution in [0.2, 0.25) is 0 Å². The maximum atomic E-state index is 2.62. The van der Waals surface area contributed by atoms with Crippen molar-refractivity contribution in [2.45, 2.75) is 146 Å². The lowest BCUT2D eigenvalue weighted by Gasteiger charge is -2.40. The molecule has 0 amide bonds. The van der Waals surface area contributed by atoms with Crippen LogP contribution in [0.1, 0.15) is 146 Å². The third-order valence-electron chi connectivity index (χ3n) is 9.40. The SMILES string of the molecule is CCCCC(CCC(CCC)C(CC)CC)C(C)C(C)C(CC)C(C)C(CC)CC. The molecule has 0 spiro atoms. The Morgan fingerprint density at radius 3 is 1.37 bits per heavy atom. The lowest BCUT2D eigenvalue weighted by molar-refractivity contribution is 0.0970. The Morgan fingerprint density at radius 2 is 0.933 bits per heavy atom. The molecule has 0 aromatic carbocycles. The zero-order valence-electron chi connectivity index (χ0n) is 23.1. The summed E-state index contributed by atoms with van der Waals surface area (Å²) in [5.41, 5.74) is 0. The van der Waals surface area contributed by atoms with Crippen molar-refractivity contribution in [3.63, 3.8) is 0 Å². The molecule has 0 heterocycles. The first-order valence-corrected chi connectivity index (χ1v) is 14.4. The summed E-state index contributed by atoms with van der Waals surface area (Å²) >= 11 is 0. The molecule has 182 valence electrons. The van der Waals surface area contributed by atoms with E-state index in [2.05, 4.69) is 69.2 Å². The summed E-state index contributed by atoms with van der Waals surface area (Å²) < 4.78 is 0. The molecule has 0 heteroatoms. The number of hydrogen-bond acceptors (Lipinski definition) is 0. The molecule has 0 nitrogen and oxygen atoms in total. The second-order valence-corrected chi connectivity index (χ2v) is 10.8. The van der Waals surface area contributed by atoms with E-state index in [1.54, 1.807) is 0 Å². The lowest BCUT2D eigenvalue weighted by Crippen LogP contribution is -2.32. The first kappa shape index (κ1) is 30.0. The molecule has 0 fully saturated rings. The van der Waals surface area contributed by atoms with Crippen LogP contribution in [-0.4, -0.2) is 0 Å². The van der Waals surface area contributed by atoms with E-state index in [9.17, 15) is 0 Å². The second kappa shape index (κ2) is 17.5. The summed E-state index contributed by atoms with van der Waals surface area (Å²) in [4.78, 5) is 0. The van der Waals surface area contributed by atoms with Gasteiger partial charge in [-0.05, 0) is 60.2 Å². The molecule has 6 atom stereocenters. The lowest BCUT2D eigenvalue weighted by atomic mass is 9.66. The van der Waals surface area contributed by atoms with Crippen LogP contribution in [-0.2, 0) is 0 Å². The summed E-state index contributed by atoms with van der Waals surface area (Å²) in [7, 11) is 0. The van der Waals surface area contributed by atoms with E-state index in [4.69, 9.17) is 0 Å². The molecule has 0 saturated heterocycles. The topological polar surface area (TPSA) is 0 Å². The van der Waals surface area contributed by atoms with Gasteiger partial charge < -0.3 is 0 Å². The molecular formula is C30H62. The van der Waals surface area contributed by atoms with Crippen molar-refractivity contribution in [3.8, 4) is 0 Å². The molecule has 0 bridgehead atoms. The fourth-order valence-electron chi connectivity index (χ4n) is 6.93. The zero-order chi connectivity index (χ0) is 23.1. The van der Waals surface area contributed by atoms with E-state index in [0.29, 0.717) is 0 Å². The first-order valence-electron chi connectivity index (χ1n) is 14.4. The molecule has 30 heavy (non-hydrogen) atoms. The van der Waals surface area contributed by atoms with Gasteiger partial charge in [0.05, 0.1) is 0 Å². The first-order chi connectivity index (χ1) is 14.4. The quantitative estimate of drug-likeness (QED) is 0.194. The van der Waals surface area contributed by atoms with Crippen molar-refractivity contribution in [1.29, 1.82) is 0 Å². The summed E-state index contributed by atoms with van der Waals surface area (Å²) in [5.74, 6) is 7.21. The van der Waals surface area contributed by atoms with Gasteiger partial charge in [-0.3, -0.25) is 0 Å². The smallest absolute Gasteiger partial charge is 0.0360 e. The summed E-state index contributed by atoms with van der Waals surface area (Å²) in [6.07, 6.45) is 16.8. The average Bonchev–Trinajstić information content (AvgIpc) is 2.75. The molecule has 6 unspecified atom stereocenters. The van der Waals surface area contributed by atoms with Gasteiger partial charge in [0.1, 0.15) is 0 Å². The van der Waals surface area contributed by atoms with Crippen LogP contribution in [0.5, 0.6) is 0 Å². The van der Waals surface area contributed by atoms with E-state index in [1.165, 1.54) is 77.0 Å². The highest BCUT2D eigenvalue weighted by molar-refractivity contribution is 4.82. The average molecular weight is 423 g/mol. The Hall–Kier alpha value is 0. The van der Waals surface area contributed by atoms with Crippen molar-refractivity contribution < 1.29 is 0 Å². The highest BCUT2D eigenvalue weighted by Gasteiger charge is 2.33. The van der Waals surface area contributed by atoms with Crippen molar-refractivity contribution in [2.24, 2.45) is 47.3 Å². The Labute approximate surface area is 193 Å². The fraction of sp³-hybridized carbons (Fsp3) is 1.00. The maximum absolute atomic E-state index is 2.62. The van der Waals surface area contributed by atoms with Gasteiger partial charge in [0.2, 0.25) is 0 Å². The van der Waals surface area contributed by atoms with Crippen molar-refractivity contribution in [2.75, 3.05) is 0 Å². The third kappa shape index (κ3) is 9.65. The van der Waals surface area contributed by atoms with Gasteiger partial charge >= 0.3 is 0 Å². The van der Waals surface area contributed by atoms with E-state index >= 15 is 0 Å². The predicted octanol–water partition coefficient (Wildman–Crippen LogP) is 10.8. The summed E-state index contributed by atoms with van der Waals surface area (Å²) in [5, 5.41) is 0. The van der Waals surface area contributed by atoms with Gasteiger partial charge in [0.15, 0.2) is 0 Å². The standard InChI is InChI=1S/C30H62/c1-11-18-20-28(21-22-29(19-12-2)27(15-5)16-6)23(8)24(9)30(17-7)25(10)26(13-3)14-4/h23-30H,11-22H2,1-10H3. The van der Waals surface area contributed by atoms with Gasteiger partial charge in [0.25, 0.3) is 0 Å². The van der Waals surface area contributed by atoms with Gasteiger partial charge in [-0.15, -0.1) is 0 Å². The zero-order valence-corrected chi connectivity index (χ0v) is 23.1. The summed E-state index contributed by atoms with van der Waals surface area (Å²) in [6, 6.07) is 0. The normalized spacial score (nSPS) is 18.4. The maximum Gasteiger partial charge on any atom is -0.0360 e. The Kier molecular flexibility index (Phi) is 17.5. The summed E-state index contributed by atoms with van der Waals surface area (Å²) in [6.45, 7) is 24.7. The highest BCUT2D eigenvalue weighted by atomic mass is 14.4. The van der Waals surface area contributed by atoms with Crippen LogP contribution >= 0.6 is 0 Å². The van der Waals surface area contributed by atoms with E-state index in [0.717, 1.165) is 47.3 Å². The largest absolute Gasteiger partial charge is 0.0654 e. The van der Waals surface area contributed by atoms with Crippen LogP contribution in [0.4, 0.5) is 0 Å². The van der Waals surface area contributed by atoms with Gasteiger partial charge in [-0.2, -0.15) is 0 Å². The van der Waals surface area contributed by atoms with Crippen LogP contribution in [0, 0.1) is 47.3 Å². The molecule has 0 aromatic rings. The number of rotatable bonds is 19. The van der Waals surface area contributed by atoms with Crippen molar-refractivity contribution >= 4 is 0 Å². The number of hydrogen-bond donors (Lipinski definition) is 0. The van der Waals surface area contributed by atoms with Crippen LogP contribution in [0.3, 0.4) is 0 Å². The third-order valence-corrected chi connectivity index (χ3v) is 9.40. The Bertz CT molecular complexity index is 364.